The fourth-order valence-electron chi connectivity index (χ4n) is 2.16. The summed E-state index contributed by atoms with van der Waals surface area (Å²) in [6, 6.07) is 5.44. The van der Waals surface area contributed by atoms with Crippen molar-refractivity contribution in [3.8, 4) is 0 Å². The first-order chi connectivity index (χ1) is 7.68. The summed E-state index contributed by atoms with van der Waals surface area (Å²) in [5, 5.41) is 0.687. The molecule has 0 aromatic heterocycles. The predicted molar refractivity (Wildman–Crippen MR) is 66.3 cm³/mol. The maximum atomic E-state index is 6.25. The van der Waals surface area contributed by atoms with Gasteiger partial charge in [0.25, 0.3) is 0 Å². The van der Waals surface area contributed by atoms with Crippen LogP contribution >= 0.6 is 11.6 Å². The molecule has 4 N–H and O–H groups in total. The molecule has 0 bridgehead atoms. The number of hydrogen-bond donors (Lipinski definition) is 2. The Morgan fingerprint density at radius 3 is 2.69 bits per heavy atom. The molecular weight excluding hydrogens is 224 g/mol. The lowest BCUT2D eigenvalue weighted by molar-refractivity contribution is 0.0584. The number of anilines is 1. The Kier molecular flexibility index (Phi) is 3.69. The number of benzene rings is 1. The summed E-state index contributed by atoms with van der Waals surface area (Å²) < 4.78 is 5.33. The first-order valence-electron chi connectivity index (χ1n) is 5.56. The summed E-state index contributed by atoms with van der Waals surface area (Å²) >= 11 is 5.96. The van der Waals surface area contributed by atoms with Crippen LogP contribution in [-0.2, 0) is 4.74 Å². The maximum absolute atomic E-state index is 6.25. The minimum absolute atomic E-state index is 0.0393. The first-order valence-corrected chi connectivity index (χ1v) is 5.94. The van der Waals surface area contributed by atoms with E-state index in [9.17, 15) is 0 Å². The molecule has 1 atom stereocenters. The summed E-state index contributed by atoms with van der Waals surface area (Å²) in [5.41, 5.74) is 13.9. The van der Waals surface area contributed by atoms with Gasteiger partial charge in [0.15, 0.2) is 0 Å². The van der Waals surface area contributed by atoms with Crippen molar-refractivity contribution in [2.24, 2.45) is 11.7 Å². The molecule has 3 nitrogen and oxygen atoms in total. The Bertz CT molecular complexity index is 364. The van der Waals surface area contributed by atoms with Crippen LogP contribution < -0.4 is 11.5 Å². The zero-order valence-corrected chi connectivity index (χ0v) is 9.91. The van der Waals surface area contributed by atoms with E-state index in [2.05, 4.69) is 0 Å². The Hall–Kier alpha value is -0.770. The summed E-state index contributed by atoms with van der Waals surface area (Å²) in [4.78, 5) is 0. The first kappa shape index (κ1) is 11.7. The van der Waals surface area contributed by atoms with Crippen molar-refractivity contribution in [1.29, 1.82) is 0 Å². The Morgan fingerprint density at radius 2 is 2.00 bits per heavy atom. The van der Waals surface area contributed by atoms with Gasteiger partial charge < -0.3 is 16.2 Å². The highest BCUT2D eigenvalue weighted by molar-refractivity contribution is 6.30. The molecule has 1 aliphatic rings. The number of halogens is 1. The topological polar surface area (TPSA) is 61.3 Å². The maximum Gasteiger partial charge on any atom is 0.0469 e. The van der Waals surface area contributed by atoms with Crippen molar-refractivity contribution in [3.63, 3.8) is 0 Å². The third-order valence-electron chi connectivity index (χ3n) is 3.18. The number of ether oxygens (including phenoxy) is 1. The van der Waals surface area contributed by atoms with E-state index in [0.29, 0.717) is 10.9 Å². The molecule has 4 heteroatoms. The molecule has 1 heterocycles. The van der Waals surface area contributed by atoms with Gasteiger partial charge in [-0.1, -0.05) is 11.6 Å². The van der Waals surface area contributed by atoms with Crippen LogP contribution in [0.15, 0.2) is 18.2 Å². The zero-order valence-electron chi connectivity index (χ0n) is 9.16. The van der Waals surface area contributed by atoms with Gasteiger partial charge in [0.05, 0.1) is 0 Å². The van der Waals surface area contributed by atoms with Gasteiger partial charge in [-0.05, 0) is 42.5 Å². The molecule has 16 heavy (non-hydrogen) atoms. The standard InChI is InChI=1S/C12H17ClN2O/c13-9-1-2-11(14)10(7-9)12(15)8-3-5-16-6-4-8/h1-2,7-8,12H,3-6,14-15H2/t12-/m0/s1. The SMILES string of the molecule is Nc1ccc(Cl)cc1[C@@H](N)C1CCOCC1. The molecule has 0 aliphatic carbocycles. The molecule has 0 radical (unpaired) electrons. The lowest BCUT2D eigenvalue weighted by Gasteiger charge is -2.28. The molecule has 88 valence electrons. The molecule has 1 aromatic carbocycles. The zero-order chi connectivity index (χ0) is 11.5. The van der Waals surface area contributed by atoms with E-state index in [1.807, 2.05) is 12.1 Å². The lowest BCUT2D eigenvalue weighted by atomic mass is 9.87. The van der Waals surface area contributed by atoms with Gasteiger partial charge >= 0.3 is 0 Å². The number of nitrogens with two attached hydrogens (primary N) is 2. The third-order valence-corrected chi connectivity index (χ3v) is 3.42. The van der Waals surface area contributed by atoms with Crippen molar-refractivity contribution in [3.05, 3.63) is 28.8 Å². The van der Waals surface area contributed by atoms with E-state index >= 15 is 0 Å². The van der Waals surface area contributed by atoms with Crippen molar-refractivity contribution in [1.82, 2.24) is 0 Å². The molecular formula is C12H17ClN2O. The minimum atomic E-state index is -0.0393. The Labute approximate surface area is 101 Å². The van der Waals surface area contributed by atoms with E-state index in [1.54, 1.807) is 6.07 Å². The molecule has 1 aliphatic heterocycles. The average molecular weight is 241 g/mol. The van der Waals surface area contributed by atoms with Gasteiger partial charge in [0.2, 0.25) is 0 Å². The minimum Gasteiger partial charge on any atom is -0.398 e. The van der Waals surface area contributed by atoms with Gasteiger partial charge in [0.1, 0.15) is 0 Å². The van der Waals surface area contributed by atoms with Gasteiger partial charge in [-0.3, -0.25) is 0 Å². The van der Waals surface area contributed by atoms with Gasteiger partial charge in [-0.15, -0.1) is 0 Å². The molecule has 0 spiro atoms. The second-order valence-corrected chi connectivity index (χ2v) is 4.69. The van der Waals surface area contributed by atoms with E-state index in [0.717, 1.165) is 37.3 Å². The molecule has 1 aromatic rings. The predicted octanol–water partition coefficient (Wildman–Crippen LogP) is 2.35. The summed E-state index contributed by atoms with van der Waals surface area (Å²) in [7, 11) is 0. The number of rotatable bonds is 2. The van der Waals surface area contributed by atoms with E-state index in [-0.39, 0.29) is 6.04 Å². The van der Waals surface area contributed by atoms with Crippen LogP contribution in [0.2, 0.25) is 5.02 Å². The largest absolute Gasteiger partial charge is 0.398 e. The monoisotopic (exact) mass is 240 g/mol. The van der Waals surface area contributed by atoms with Crippen LogP contribution in [0.1, 0.15) is 24.4 Å². The molecule has 0 unspecified atom stereocenters. The number of hydrogen-bond acceptors (Lipinski definition) is 3. The van der Waals surface area contributed by atoms with E-state index in [1.165, 1.54) is 0 Å². The quantitative estimate of drug-likeness (QED) is 0.780. The van der Waals surface area contributed by atoms with Gasteiger partial charge in [-0.25, -0.2) is 0 Å². The normalized spacial score (nSPS) is 19.6. The average Bonchev–Trinajstić information content (AvgIpc) is 2.32. The lowest BCUT2D eigenvalue weighted by Crippen LogP contribution is -2.28. The van der Waals surface area contributed by atoms with Gasteiger partial charge in [-0.2, -0.15) is 0 Å². The Morgan fingerprint density at radius 1 is 1.31 bits per heavy atom. The summed E-state index contributed by atoms with van der Waals surface area (Å²) in [6.07, 6.45) is 1.99. The fourth-order valence-corrected chi connectivity index (χ4v) is 2.34. The number of nitrogen functional groups attached to an aromatic ring is 1. The van der Waals surface area contributed by atoms with Crippen LogP contribution in [-0.4, -0.2) is 13.2 Å². The summed E-state index contributed by atoms with van der Waals surface area (Å²) in [5.74, 6) is 0.439. The van der Waals surface area contributed by atoms with Crippen molar-refractivity contribution in [2.45, 2.75) is 18.9 Å². The molecule has 1 fully saturated rings. The van der Waals surface area contributed by atoms with E-state index in [4.69, 9.17) is 27.8 Å². The van der Waals surface area contributed by atoms with Crippen LogP contribution in [0.5, 0.6) is 0 Å². The third kappa shape index (κ3) is 2.48. The van der Waals surface area contributed by atoms with Crippen LogP contribution in [0.25, 0.3) is 0 Å². The highest BCUT2D eigenvalue weighted by Crippen LogP contribution is 2.32. The Balaban J connectivity index is 2.18. The van der Waals surface area contributed by atoms with Gasteiger partial charge in [0, 0.05) is 30.0 Å². The molecule has 2 rings (SSSR count). The molecule has 1 saturated heterocycles. The second kappa shape index (κ2) is 5.04. The highest BCUT2D eigenvalue weighted by Gasteiger charge is 2.23. The summed E-state index contributed by atoms with van der Waals surface area (Å²) in [6.45, 7) is 1.58. The second-order valence-electron chi connectivity index (χ2n) is 4.25. The van der Waals surface area contributed by atoms with E-state index < -0.39 is 0 Å². The fraction of sp³-hybridized carbons (Fsp3) is 0.500. The molecule has 0 saturated carbocycles. The van der Waals surface area contributed by atoms with Crippen LogP contribution in [0, 0.1) is 5.92 Å². The van der Waals surface area contributed by atoms with Crippen LogP contribution in [0.4, 0.5) is 5.69 Å². The highest BCUT2D eigenvalue weighted by atomic mass is 35.5. The van der Waals surface area contributed by atoms with Crippen LogP contribution in [0.3, 0.4) is 0 Å². The van der Waals surface area contributed by atoms with Crippen molar-refractivity contribution >= 4 is 17.3 Å². The smallest absolute Gasteiger partial charge is 0.0469 e. The molecule has 0 amide bonds. The van der Waals surface area contributed by atoms with Crippen molar-refractivity contribution < 1.29 is 4.74 Å². The van der Waals surface area contributed by atoms with Crippen molar-refractivity contribution in [2.75, 3.05) is 18.9 Å².